The number of morpholine rings is 1. The van der Waals surface area contributed by atoms with Crippen LogP contribution in [-0.2, 0) is 11.8 Å². The maximum absolute atomic E-state index is 12.1. The van der Waals surface area contributed by atoms with Crippen LogP contribution in [-0.4, -0.2) is 63.6 Å². The highest BCUT2D eigenvalue weighted by Crippen LogP contribution is 2.13. The maximum atomic E-state index is 12.1. The predicted molar refractivity (Wildman–Crippen MR) is 87.0 cm³/mol. The number of rotatable bonds is 5. The first kappa shape index (κ1) is 17.7. The Bertz CT molecular complexity index is 510. The standard InChI is InChI=1S/C15H28N6O2/c1-10(21-7-11(2)23-12(3)8-21)6-16-15(22)18-13(4)14-19-17-9-20(14)5/h9-13H,6-8H2,1-5H3,(H2,16,18,22)/t10-,11-,12+,13+/m1/s1. The predicted octanol–water partition coefficient (Wildman–Crippen LogP) is 0.673. The Labute approximate surface area is 137 Å². The van der Waals surface area contributed by atoms with Crippen LogP contribution >= 0.6 is 0 Å². The highest BCUT2D eigenvalue weighted by Gasteiger charge is 2.26. The van der Waals surface area contributed by atoms with Crippen molar-refractivity contribution in [1.29, 1.82) is 0 Å². The molecule has 2 N–H and O–H groups in total. The van der Waals surface area contributed by atoms with Crippen LogP contribution in [0.3, 0.4) is 0 Å². The van der Waals surface area contributed by atoms with E-state index in [0.29, 0.717) is 6.54 Å². The molecule has 0 bridgehead atoms. The molecule has 1 aliphatic heterocycles. The Kier molecular flexibility index (Phi) is 5.95. The minimum Gasteiger partial charge on any atom is -0.373 e. The molecule has 0 radical (unpaired) electrons. The largest absolute Gasteiger partial charge is 0.373 e. The maximum Gasteiger partial charge on any atom is 0.315 e. The molecule has 1 fully saturated rings. The van der Waals surface area contributed by atoms with Gasteiger partial charge in [-0.2, -0.15) is 0 Å². The van der Waals surface area contributed by atoms with E-state index in [-0.39, 0.29) is 30.3 Å². The fourth-order valence-electron chi connectivity index (χ4n) is 2.94. The van der Waals surface area contributed by atoms with Gasteiger partial charge >= 0.3 is 6.03 Å². The molecule has 0 aromatic carbocycles. The van der Waals surface area contributed by atoms with Gasteiger partial charge in [0, 0.05) is 32.7 Å². The van der Waals surface area contributed by atoms with Crippen molar-refractivity contribution in [3.63, 3.8) is 0 Å². The summed E-state index contributed by atoms with van der Waals surface area (Å²) < 4.78 is 7.54. The molecule has 0 saturated carbocycles. The van der Waals surface area contributed by atoms with Crippen molar-refractivity contribution in [2.45, 2.75) is 52.0 Å². The molecule has 0 aliphatic carbocycles. The normalized spacial score (nSPS) is 24.9. The van der Waals surface area contributed by atoms with E-state index in [0.717, 1.165) is 18.9 Å². The van der Waals surface area contributed by atoms with Crippen LogP contribution in [0.25, 0.3) is 0 Å². The quantitative estimate of drug-likeness (QED) is 0.832. The highest BCUT2D eigenvalue weighted by molar-refractivity contribution is 5.74. The number of carbonyl (C=O) groups excluding carboxylic acids is 1. The van der Waals surface area contributed by atoms with Crippen LogP contribution in [0.2, 0.25) is 0 Å². The zero-order chi connectivity index (χ0) is 17.0. The number of urea groups is 1. The van der Waals surface area contributed by atoms with Gasteiger partial charge in [0.1, 0.15) is 6.33 Å². The van der Waals surface area contributed by atoms with Gasteiger partial charge in [-0.1, -0.05) is 0 Å². The van der Waals surface area contributed by atoms with Gasteiger partial charge < -0.3 is 19.9 Å². The van der Waals surface area contributed by atoms with E-state index in [2.05, 4.69) is 46.5 Å². The summed E-state index contributed by atoms with van der Waals surface area (Å²) in [6, 6.07) is -0.123. The molecule has 1 saturated heterocycles. The van der Waals surface area contributed by atoms with Crippen LogP contribution in [0, 0.1) is 0 Å². The molecule has 4 atom stereocenters. The van der Waals surface area contributed by atoms with E-state index in [1.54, 1.807) is 10.9 Å². The fourth-order valence-corrected chi connectivity index (χ4v) is 2.94. The number of amides is 2. The first-order valence-corrected chi connectivity index (χ1v) is 8.14. The third-order valence-electron chi connectivity index (χ3n) is 4.11. The lowest BCUT2D eigenvalue weighted by atomic mass is 10.2. The molecular formula is C15H28N6O2. The molecule has 1 aliphatic rings. The number of hydrogen-bond acceptors (Lipinski definition) is 5. The molecule has 23 heavy (non-hydrogen) atoms. The Hall–Kier alpha value is -1.67. The zero-order valence-electron chi connectivity index (χ0n) is 14.6. The Morgan fingerprint density at radius 2 is 2.04 bits per heavy atom. The van der Waals surface area contributed by atoms with Crippen LogP contribution in [0.5, 0.6) is 0 Å². The molecule has 8 heteroatoms. The van der Waals surface area contributed by atoms with Crippen molar-refractivity contribution in [1.82, 2.24) is 30.3 Å². The topological polar surface area (TPSA) is 84.3 Å². The van der Waals surface area contributed by atoms with Gasteiger partial charge in [-0.15, -0.1) is 10.2 Å². The number of aromatic nitrogens is 3. The molecule has 2 amide bonds. The van der Waals surface area contributed by atoms with Crippen molar-refractivity contribution in [2.75, 3.05) is 19.6 Å². The van der Waals surface area contributed by atoms with Crippen molar-refractivity contribution < 1.29 is 9.53 Å². The van der Waals surface area contributed by atoms with E-state index >= 15 is 0 Å². The Morgan fingerprint density at radius 1 is 1.39 bits per heavy atom. The summed E-state index contributed by atoms with van der Waals surface area (Å²) in [6.07, 6.45) is 2.07. The molecule has 2 heterocycles. The Morgan fingerprint density at radius 3 is 2.61 bits per heavy atom. The molecule has 130 valence electrons. The summed E-state index contributed by atoms with van der Waals surface area (Å²) in [7, 11) is 1.86. The van der Waals surface area contributed by atoms with Crippen LogP contribution < -0.4 is 10.6 Å². The summed E-state index contributed by atoms with van der Waals surface area (Å²) in [5, 5.41) is 13.6. The highest BCUT2D eigenvalue weighted by atomic mass is 16.5. The van der Waals surface area contributed by atoms with E-state index in [9.17, 15) is 4.79 Å². The Balaban J connectivity index is 1.76. The summed E-state index contributed by atoms with van der Waals surface area (Å²) in [5.74, 6) is 0.726. The van der Waals surface area contributed by atoms with Gasteiger partial charge in [0.2, 0.25) is 0 Å². The van der Waals surface area contributed by atoms with Crippen LogP contribution in [0.4, 0.5) is 4.79 Å². The third kappa shape index (κ3) is 4.90. The summed E-state index contributed by atoms with van der Waals surface area (Å²) in [6.45, 7) is 10.6. The fraction of sp³-hybridized carbons (Fsp3) is 0.800. The lowest BCUT2D eigenvalue weighted by Gasteiger charge is -2.39. The summed E-state index contributed by atoms with van der Waals surface area (Å²) >= 11 is 0. The second-order valence-electron chi connectivity index (χ2n) is 6.44. The third-order valence-corrected chi connectivity index (χ3v) is 4.11. The smallest absolute Gasteiger partial charge is 0.315 e. The molecule has 0 unspecified atom stereocenters. The van der Waals surface area contributed by atoms with Gasteiger partial charge in [-0.25, -0.2) is 4.79 Å². The average molecular weight is 324 g/mol. The minimum absolute atomic E-state index is 0.193. The van der Waals surface area contributed by atoms with E-state index in [4.69, 9.17) is 4.74 Å². The minimum atomic E-state index is -0.193. The van der Waals surface area contributed by atoms with E-state index < -0.39 is 0 Å². The van der Waals surface area contributed by atoms with Gasteiger partial charge in [0.25, 0.3) is 0 Å². The van der Waals surface area contributed by atoms with Crippen LogP contribution in [0.15, 0.2) is 6.33 Å². The van der Waals surface area contributed by atoms with Crippen molar-refractivity contribution >= 4 is 6.03 Å². The first-order chi connectivity index (χ1) is 10.9. The van der Waals surface area contributed by atoms with Crippen molar-refractivity contribution in [2.24, 2.45) is 7.05 Å². The van der Waals surface area contributed by atoms with Gasteiger partial charge in [0.05, 0.1) is 18.2 Å². The number of aryl methyl sites for hydroxylation is 1. The second kappa shape index (κ2) is 7.74. The number of carbonyl (C=O) groups is 1. The van der Waals surface area contributed by atoms with Crippen molar-refractivity contribution in [3.05, 3.63) is 12.2 Å². The summed E-state index contributed by atoms with van der Waals surface area (Å²) in [4.78, 5) is 14.4. The number of ether oxygens (including phenoxy) is 1. The lowest BCUT2D eigenvalue weighted by Crippen LogP contribution is -2.53. The molecule has 8 nitrogen and oxygen atoms in total. The van der Waals surface area contributed by atoms with E-state index in [1.807, 2.05) is 14.0 Å². The van der Waals surface area contributed by atoms with Gasteiger partial charge in [-0.3, -0.25) is 4.90 Å². The van der Waals surface area contributed by atoms with Gasteiger partial charge in [-0.05, 0) is 27.7 Å². The SMILES string of the molecule is C[C@@H]1CN([C@H](C)CNC(=O)N[C@@H](C)c2nncn2C)C[C@H](C)O1. The summed E-state index contributed by atoms with van der Waals surface area (Å²) in [5.41, 5.74) is 0. The monoisotopic (exact) mass is 324 g/mol. The van der Waals surface area contributed by atoms with Gasteiger partial charge in [0.15, 0.2) is 5.82 Å². The number of nitrogens with zero attached hydrogens (tertiary/aromatic N) is 4. The molecule has 0 spiro atoms. The molecule has 1 aromatic rings. The zero-order valence-corrected chi connectivity index (χ0v) is 14.6. The first-order valence-electron chi connectivity index (χ1n) is 8.14. The molecule has 1 aromatic heterocycles. The second-order valence-corrected chi connectivity index (χ2v) is 6.44. The molecular weight excluding hydrogens is 296 g/mol. The lowest BCUT2D eigenvalue weighted by molar-refractivity contribution is -0.0778. The van der Waals surface area contributed by atoms with Crippen LogP contribution in [0.1, 0.15) is 39.6 Å². The molecule has 2 rings (SSSR count). The average Bonchev–Trinajstić information content (AvgIpc) is 2.90. The number of hydrogen-bond donors (Lipinski definition) is 2. The van der Waals surface area contributed by atoms with E-state index in [1.165, 1.54) is 0 Å². The number of nitrogens with one attached hydrogen (secondary N) is 2. The van der Waals surface area contributed by atoms with Crippen molar-refractivity contribution in [3.8, 4) is 0 Å².